The number of aliphatic carboxylic acids is 1. The molecule has 0 saturated carbocycles. The third-order valence-corrected chi connectivity index (χ3v) is 3.12. The van der Waals surface area contributed by atoms with E-state index in [-0.39, 0.29) is 17.4 Å². The summed E-state index contributed by atoms with van der Waals surface area (Å²) in [6.45, 7) is 3.15. The summed E-state index contributed by atoms with van der Waals surface area (Å²) in [4.78, 5) is 11.2. The van der Waals surface area contributed by atoms with Crippen LogP contribution in [0, 0.1) is 5.41 Å². The van der Waals surface area contributed by atoms with Gasteiger partial charge in [-0.1, -0.05) is 24.4 Å². The molecule has 0 atom stereocenters. The molecule has 3 N–H and O–H groups in total. The summed E-state index contributed by atoms with van der Waals surface area (Å²) in [5, 5.41) is 9.83. The summed E-state index contributed by atoms with van der Waals surface area (Å²) in [6, 6.07) is 7.23. The lowest BCUT2D eigenvalue weighted by Gasteiger charge is -2.19. The van der Waals surface area contributed by atoms with Crippen LogP contribution in [-0.2, 0) is 4.79 Å². The summed E-state index contributed by atoms with van der Waals surface area (Å²) in [6.07, 6.45) is 0. The molecule has 6 heteroatoms. The number of hydrogen-bond acceptors (Lipinski definition) is 4. The van der Waals surface area contributed by atoms with E-state index >= 15 is 0 Å². The van der Waals surface area contributed by atoms with E-state index in [0.29, 0.717) is 11.3 Å². The van der Waals surface area contributed by atoms with Crippen LogP contribution >= 0.6 is 12.2 Å². The second-order valence-electron chi connectivity index (χ2n) is 5.10. The van der Waals surface area contributed by atoms with E-state index < -0.39 is 11.4 Å². The quantitative estimate of drug-likeness (QED) is 0.824. The molecule has 0 bridgehead atoms. The van der Waals surface area contributed by atoms with Gasteiger partial charge in [-0.3, -0.25) is 4.79 Å². The van der Waals surface area contributed by atoms with E-state index in [2.05, 4.69) is 0 Å². The van der Waals surface area contributed by atoms with Gasteiger partial charge in [-0.05, 0) is 26.0 Å². The lowest BCUT2D eigenvalue weighted by atomic mass is 9.95. The Morgan fingerprint density at radius 3 is 2.70 bits per heavy atom. The van der Waals surface area contributed by atoms with Crippen molar-refractivity contribution >= 4 is 34.1 Å². The second kappa shape index (κ2) is 5.13. The highest BCUT2D eigenvalue weighted by molar-refractivity contribution is 7.80. The number of fused-ring (bicyclic) bond motifs is 1. The van der Waals surface area contributed by atoms with Crippen molar-refractivity contribution in [3.05, 3.63) is 30.0 Å². The van der Waals surface area contributed by atoms with Gasteiger partial charge in [0.1, 0.15) is 17.2 Å². The topological polar surface area (TPSA) is 85.7 Å². The van der Waals surface area contributed by atoms with E-state index in [4.69, 9.17) is 32.2 Å². The zero-order valence-corrected chi connectivity index (χ0v) is 12.0. The predicted molar refractivity (Wildman–Crippen MR) is 79.0 cm³/mol. The molecule has 2 aromatic rings. The summed E-state index contributed by atoms with van der Waals surface area (Å²) < 4.78 is 11.2. The molecule has 0 fully saturated rings. The lowest BCUT2D eigenvalue weighted by Crippen LogP contribution is -2.31. The molecule has 20 heavy (non-hydrogen) atoms. The van der Waals surface area contributed by atoms with Gasteiger partial charge in [-0.15, -0.1) is 0 Å². The van der Waals surface area contributed by atoms with Gasteiger partial charge in [0.25, 0.3) is 0 Å². The average molecular weight is 293 g/mol. The van der Waals surface area contributed by atoms with Crippen molar-refractivity contribution in [2.45, 2.75) is 13.8 Å². The molecule has 5 nitrogen and oxygen atoms in total. The maximum atomic E-state index is 11.1. The highest BCUT2D eigenvalue weighted by Gasteiger charge is 2.29. The van der Waals surface area contributed by atoms with Crippen molar-refractivity contribution in [1.29, 1.82) is 0 Å². The van der Waals surface area contributed by atoms with E-state index in [0.717, 1.165) is 5.39 Å². The van der Waals surface area contributed by atoms with Crippen molar-refractivity contribution in [3.63, 3.8) is 0 Å². The van der Waals surface area contributed by atoms with Crippen LogP contribution in [0.1, 0.15) is 19.6 Å². The molecule has 0 unspecified atom stereocenters. The molecular weight excluding hydrogens is 278 g/mol. The van der Waals surface area contributed by atoms with Crippen LogP contribution in [0.3, 0.4) is 0 Å². The summed E-state index contributed by atoms with van der Waals surface area (Å²) >= 11 is 4.94. The van der Waals surface area contributed by atoms with Crippen LogP contribution in [0.15, 0.2) is 28.7 Å². The minimum atomic E-state index is -1.02. The van der Waals surface area contributed by atoms with Crippen molar-refractivity contribution in [3.8, 4) is 5.75 Å². The molecule has 0 aliphatic carbocycles. The molecule has 2 rings (SSSR count). The summed E-state index contributed by atoms with van der Waals surface area (Å²) in [7, 11) is 0. The maximum Gasteiger partial charge on any atom is 0.312 e. The van der Waals surface area contributed by atoms with Crippen molar-refractivity contribution < 1.29 is 19.1 Å². The first-order chi connectivity index (χ1) is 9.33. The Hall–Kier alpha value is -2.08. The van der Waals surface area contributed by atoms with Crippen LogP contribution < -0.4 is 10.5 Å². The highest BCUT2D eigenvalue weighted by Crippen LogP contribution is 2.34. The van der Waals surface area contributed by atoms with Gasteiger partial charge in [-0.2, -0.15) is 0 Å². The zero-order chi connectivity index (χ0) is 14.9. The zero-order valence-electron chi connectivity index (χ0n) is 11.2. The number of hydrogen-bond donors (Lipinski definition) is 2. The fraction of sp³-hybridized carbons (Fsp3) is 0.286. The number of nitrogens with two attached hydrogens (primary N) is 1. The lowest BCUT2D eigenvalue weighted by molar-refractivity contribution is -0.148. The number of para-hydroxylation sites is 1. The number of thiocarbonyl (C=S) groups is 1. The smallest absolute Gasteiger partial charge is 0.312 e. The molecule has 0 amide bonds. The van der Waals surface area contributed by atoms with Gasteiger partial charge in [0.15, 0.2) is 5.75 Å². The molecule has 106 valence electrons. The van der Waals surface area contributed by atoms with Crippen molar-refractivity contribution in [2.75, 3.05) is 6.61 Å². The van der Waals surface area contributed by atoms with Crippen LogP contribution in [0.2, 0.25) is 0 Å². The monoisotopic (exact) mass is 293 g/mol. The fourth-order valence-electron chi connectivity index (χ4n) is 1.64. The Labute approximate surface area is 121 Å². The number of ether oxygens (including phenoxy) is 1. The van der Waals surface area contributed by atoms with Gasteiger partial charge in [0.2, 0.25) is 5.76 Å². The van der Waals surface area contributed by atoms with E-state index in [9.17, 15) is 4.79 Å². The number of rotatable bonds is 5. The largest absolute Gasteiger partial charge is 0.488 e. The molecular formula is C14H15NO4S. The molecule has 1 aromatic heterocycles. The van der Waals surface area contributed by atoms with Gasteiger partial charge in [0.05, 0.1) is 10.8 Å². The Bertz CT molecular complexity index is 675. The van der Waals surface area contributed by atoms with Crippen molar-refractivity contribution in [2.24, 2.45) is 11.1 Å². The SMILES string of the molecule is CC(C)(COc1c(C(N)=S)oc2ccccc12)C(=O)O. The highest BCUT2D eigenvalue weighted by atomic mass is 32.1. The first-order valence-electron chi connectivity index (χ1n) is 6.00. The Morgan fingerprint density at radius 2 is 2.10 bits per heavy atom. The summed E-state index contributed by atoms with van der Waals surface area (Å²) in [5.74, 6) is -0.285. The second-order valence-corrected chi connectivity index (χ2v) is 5.54. The van der Waals surface area contributed by atoms with E-state index in [1.807, 2.05) is 18.2 Å². The number of furan rings is 1. The molecule has 0 aliphatic rings. The standard InChI is InChI=1S/C14H15NO4S/c1-14(2,13(16)17)7-18-10-8-5-3-4-6-9(8)19-11(10)12(15)20/h3-6H,7H2,1-2H3,(H2,15,20)(H,16,17). The molecule has 0 radical (unpaired) electrons. The molecule has 0 saturated heterocycles. The van der Waals surface area contributed by atoms with Crippen LogP contribution in [0.5, 0.6) is 5.75 Å². The van der Waals surface area contributed by atoms with Gasteiger partial charge in [0, 0.05) is 0 Å². The molecule has 1 heterocycles. The van der Waals surface area contributed by atoms with Gasteiger partial charge < -0.3 is 20.0 Å². The van der Waals surface area contributed by atoms with Crippen LogP contribution in [0.4, 0.5) is 0 Å². The molecule has 0 aliphatic heterocycles. The number of carboxylic acids is 1. The Morgan fingerprint density at radius 1 is 1.45 bits per heavy atom. The maximum absolute atomic E-state index is 11.1. The van der Waals surface area contributed by atoms with Crippen LogP contribution in [-0.4, -0.2) is 22.7 Å². The normalized spacial score (nSPS) is 11.5. The number of carbonyl (C=O) groups is 1. The minimum absolute atomic E-state index is 0.0124. The number of benzene rings is 1. The predicted octanol–water partition coefficient (Wildman–Crippen LogP) is 2.56. The Kier molecular flexibility index (Phi) is 3.67. The first kappa shape index (κ1) is 14.3. The van der Waals surface area contributed by atoms with Gasteiger partial charge >= 0.3 is 5.97 Å². The first-order valence-corrected chi connectivity index (χ1v) is 6.41. The summed E-state index contributed by atoms with van der Waals surface area (Å²) in [5.41, 5.74) is 5.19. The van der Waals surface area contributed by atoms with E-state index in [1.54, 1.807) is 19.9 Å². The van der Waals surface area contributed by atoms with Crippen LogP contribution in [0.25, 0.3) is 11.0 Å². The Balaban J connectivity index is 2.40. The van der Waals surface area contributed by atoms with Gasteiger partial charge in [-0.25, -0.2) is 0 Å². The number of carboxylic acid groups (broad SMARTS) is 1. The molecule has 0 spiro atoms. The third-order valence-electron chi connectivity index (χ3n) is 2.93. The molecule has 1 aromatic carbocycles. The minimum Gasteiger partial charge on any atom is -0.488 e. The third kappa shape index (κ3) is 2.60. The van der Waals surface area contributed by atoms with E-state index in [1.165, 1.54) is 0 Å². The average Bonchev–Trinajstić information content (AvgIpc) is 2.75. The fourth-order valence-corrected chi connectivity index (χ4v) is 1.78. The van der Waals surface area contributed by atoms with Crippen molar-refractivity contribution in [1.82, 2.24) is 0 Å².